The smallest absolute Gasteiger partial charge is 0.276 e. The van der Waals surface area contributed by atoms with Gasteiger partial charge in [-0.05, 0) is 52.3 Å². The summed E-state index contributed by atoms with van der Waals surface area (Å²) in [6.45, 7) is 0.496. The highest BCUT2D eigenvalue weighted by molar-refractivity contribution is 9.10. The summed E-state index contributed by atoms with van der Waals surface area (Å²) in [7, 11) is 1.58. The Kier molecular flexibility index (Phi) is 8.85. The second kappa shape index (κ2) is 11.1. The molecule has 10 heteroatoms. The van der Waals surface area contributed by atoms with Crippen LogP contribution in [0.15, 0.2) is 40.9 Å². The Morgan fingerprint density at radius 1 is 1.00 bits per heavy atom. The van der Waals surface area contributed by atoms with E-state index in [2.05, 4.69) is 26.8 Å². The summed E-state index contributed by atoms with van der Waals surface area (Å²) >= 11 is 15.1. The summed E-state index contributed by atoms with van der Waals surface area (Å²) in [6.07, 6.45) is 0. The number of halogens is 3. The van der Waals surface area contributed by atoms with Crippen molar-refractivity contribution in [3.8, 4) is 11.5 Å². The summed E-state index contributed by atoms with van der Waals surface area (Å²) < 4.78 is 16.3. The van der Waals surface area contributed by atoms with E-state index in [0.717, 1.165) is 0 Å². The van der Waals surface area contributed by atoms with Gasteiger partial charge in [-0.2, -0.15) is 0 Å². The zero-order valence-electron chi connectivity index (χ0n) is 14.8. The molecule has 2 aromatic carbocycles. The number of rotatable bonds is 8. The van der Waals surface area contributed by atoms with Crippen LogP contribution in [0.3, 0.4) is 0 Å². The van der Waals surface area contributed by atoms with Crippen molar-refractivity contribution in [1.82, 2.24) is 10.9 Å². The molecule has 28 heavy (non-hydrogen) atoms. The van der Waals surface area contributed by atoms with Crippen LogP contribution in [0, 0.1) is 0 Å². The summed E-state index contributed by atoms with van der Waals surface area (Å²) in [4.78, 5) is 24.0. The van der Waals surface area contributed by atoms with Crippen LogP contribution in [0.25, 0.3) is 0 Å². The van der Waals surface area contributed by atoms with E-state index >= 15 is 0 Å². The topological polar surface area (TPSA) is 85.9 Å². The molecule has 0 saturated carbocycles. The van der Waals surface area contributed by atoms with E-state index in [4.69, 9.17) is 37.4 Å². The number of carbonyl (C=O) groups excluding carboxylic acids is 2. The minimum absolute atomic E-state index is 0.280. The van der Waals surface area contributed by atoms with Gasteiger partial charge in [0.1, 0.15) is 18.1 Å². The molecular formula is C18H17BrCl2N2O5. The molecule has 7 nitrogen and oxygen atoms in total. The predicted octanol–water partition coefficient (Wildman–Crippen LogP) is 3.62. The van der Waals surface area contributed by atoms with Gasteiger partial charge in [0.2, 0.25) is 0 Å². The van der Waals surface area contributed by atoms with Crippen LogP contribution in [0.1, 0.15) is 10.4 Å². The maximum atomic E-state index is 12.2. The van der Waals surface area contributed by atoms with Crippen LogP contribution < -0.4 is 20.3 Å². The normalized spacial score (nSPS) is 10.3. The maximum Gasteiger partial charge on any atom is 0.276 e. The monoisotopic (exact) mass is 490 g/mol. The standard InChI is InChI=1S/C18H17BrCl2N2O5/c1-26-6-7-27-15-4-2-11(8-13(15)19)18(25)23-22-17(24)10-28-16-5-3-12(20)9-14(16)21/h2-5,8-9H,6-7,10H2,1H3,(H,22,24)(H,23,25). The Bertz CT molecular complexity index is 851. The molecule has 0 spiro atoms. The zero-order valence-corrected chi connectivity index (χ0v) is 17.9. The lowest BCUT2D eigenvalue weighted by molar-refractivity contribution is -0.123. The Labute approximate surface area is 180 Å². The summed E-state index contributed by atoms with van der Waals surface area (Å²) in [6, 6.07) is 9.42. The zero-order chi connectivity index (χ0) is 20.5. The molecule has 0 unspecified atom stereocenters. The molecule has 2 aromatic rings. The predicted molar refractivity (Wildman–Crippen MR) is 109 cm³/mol. The molecule has 0 heterocycles. The van der Waals surface area contributed by atoms with Crippen molar-refractivity contribution in [2.75, 3.05) is 26.9 Å². The van der Waals surface area contributed by atoms with Gasteiger partial charge in [0, 0.05) is 17.7 Å². The van der Waals surface area contributed by atoms with E-state index < -0.39 is 11.8 Å². The van der Waals surface area contributed by atoms with Crippen molar-refractivity contribution in [1.29, 1.82) is 0 Å². The molecule has 2 amide bonds. The number of hydrogen-bond donors (Lipinski definition) is 2. The van der Waals surface area contributed by atoms with Gasteiger partial charge in [0.25, 0.3) is 11.8 Å². The van der Waals surface area contributed by atoms with Crippen molar-refractivity contribution in [3.05, 3.63) is 56.5 Å². The first-order chi connectivity index (χ1) is 13.4. The molecule has 0 radical (unpaired) electrons. The van der Waals surface area contributed by atoms with Gasteiger partial charge in [-0.25, -0.2) is 0 Å². The molecule has 0 saturated heterocycles. The molecule has 2 N–H and O–H groups in total. The molecule has 0 aliphatic carbocycles. The van der Waals surface area contributed by atoms with E-state index in [1.165, 1.54) is 6.07 Å². The first-order valence-corrected chi connectivity index (χ1v) is 9.54. The van der Waals surface area contributed by atoms with Crippen LogP contribution in [-0.2, 0) is 9.53 Å². The first kappa shape index (κ1) is 22.3. The molecular weight excluding hydrogens is 475 g/mol. The number of nitrogens with one attached hydrogen (secondary N) is 2. The quantitative estimate of drug-likeness (QED) is 0.435. The van der Waals surface area contributed by atoms with Gasteiger partial charge in [-0.3, -0.25) is 20.4 Å². The first-order valence-electron chi connectivity index (χ1n) is 7.99. The number of carbonyl (C=O) groups is 2. The lowest BCUT2D eigenvalue weighted by Gasteiger charge is -2.11. The highest BCUT2D eigenvalue weighted by atomic mass is 79.9. The molecule has 150 valence electrons. The van der Waals surface area contributed by atoms with E-state index in [9.17, 15) is 9.59 Å². The minimum atomic E-state index is -0.557. The van der Waals surface area contributed by atoms with Crippen molar-refractivity contribution < 1.29 is 23.8 Å². The summed E-state index contributed by atoms with van der Waals surface area (Å²) in [5.41, 5.74) is 4.89. The van der Waals surface area contributed by atoms with Gasteiger partial charge in [-0.15, -0.1) is 0 Å². The average Bonchev–Trinajstić information content (AvgIpc) is 2.66. The van der Waals surface area contributed by atoms with Crippen LogP contribution in [-0.4, -0.2) is 38.7 Å². The second-order valence-electron chi connectivity index (χ2n) is 5.35. The fourth-order valence-electron chi connectivity index (χ4n) is 1.96. The lowest BCUT2D eigenvalue weighted by Crippen LogP contribution is -2.43. The van der Waals surface area contributed by atoms with E-state index in [0.29, 0.717) is 39.8 Å². The molecule has 2 rings (SSSR count). The number of ether oxygens (including phenoxy) is 3. The third-order valence-electron chi connectivity index (χ3n) is 3.31. The van der Waals surface area contributed by atoms with Crippen LogP contribution in [0.5, 0.6) is 11.5 Å². The SMILES string of the molecule is COCCOc1ccc(C(=O)NNC(=O)COc2ccc(Cl)cc2Cl)cc1Br. The van der Waals surface area contributed by atoms with Gasteiger partial charge in [0.05, 0.1) is 16.1 Å². The number of amides is 2. The number of hydrogen-bond acceptors (Lipinski definition) is 5. The maximum absolute atomic E-state index is 12.2. The van der Waals surface area contributed by atoms with Crippen molar-refractivity contribution in [2.45, 2.75) is 0 Å². The van der Waals surface area contributed by atoms with E-state index in [-0.39, 0.29) is 11.6 Å². The van der Waals surface area contributed by atoms with E-state index in [1.807, 2.05) is 0 Å². The van der Waals surface area contributed by atoms with Crippen LogP contribution in [0.2, 0.25) is 10.0 Å². The largest absolute Gasteiger partial charge is 0.490 e. The Morgan fingerprint density at radius 3 is 2.43 bits per heavy atom. The Hall–Kier alpha value is -2.00. The summed E-state index contributed by atoms with van der Waals surface area (Å²) in [5, 5.41) is 0.734. The molecule has 0 aliphatic heterocycles. The Morgan fingerprint density at radius 2 is 1.75 bits per heavy atom. The van der Waals surface area contributed by atoms with Gasteiger partial charge >= 0.3 is 0 Å². The number of methoxy groups -OCH3 is 1. The van der Waals surface area contributed by atoms with E-state index in [1.54, 1.807) is 37.4 Å². The highest BCUT2D eigenvalue weighted by Gasteiger charge is 2.11. The van der Waals surface area contributed by atoms with Gasteiger partial charge in [-0.1, -0.05) is 23.2 Å². The number of benzene rings is 2. The van der Waals surface area contributed by atoms with Crippen LogP contribution in [0.4, 0.5) is 0 Å². The molecule has 0 aromatic heterocycles. The van der Waals surface area contributed by atoms with Gasteiger partial charge < -0.3 is 14.2 Å². The molecule has 0 aliphatic rings. The molecule has 0 bridgehead atoms. The van der Waals surface area contributed by atoms with Crippen molar-refractivity contribution in [2.24, 2.45) is 0 Å². The molecule has 0 fully saturated rings. The summed E-state index contributed by atoms with van der Waals surface area (Å²) in [5.74, 6) is -0.175. The minimum Gasteiger partial charge on any atom is -0.490 e. The Balaban J connectivity index is 1.82. The molecule has 0 atom stereocenters. The third-order valence-corrected chi connectivity index (χ3v) is 4.46. The van der Waals surface area contributed by atoms with Crippen molar-refractivity contribution in [3.63, 3.8) is 0 Å². The average molecular weight is 492 g/mol. The fraction of sp³-hybridized carbons (Fsp3) is 0.222. The lowest BCUT2D eigenvalue weighted by atomic mass is 10.2. The number of hydrazine groups is 1. The van der Waals surface area contributed by atoms with Crippen LogP contribution >= 0.6 is 39.1 Å². The second-order valence-corrected chi connectivity index (χ2v) is 7.05. The fourth-order valence-corrected chi connectivity index (χ4v) is 2.92. The third kappa shape index (κ3) is 6.87. The highest BCUT2D eigenvalue weighted by Crippen LogP contribution is 2.27. The van der Waals surface area contributed by atoms with Gasteiger partial charge in [0.15, 0.2) is 6.61 Å². The van der Waals surface area contributed by atoms with Crippen molar-refractivity contribution >= 4 is 50.9 Å².